The van der Waals surface area contributed by atoms with Gasteiger partial charge >= 0.3 is 0 Å². The van der Waals surface area contributed by atoms with Gasteiger partial charge in [0.2, 0.25) is 0 Å². The van der Waals surface area contributed by atoms with Crippen molar-refractivity contribution in [3.63, 3.8) is 0 Å². The lowest BCUT2D eigenvalue weighted by Gasteiger charge is -2.10. The fourth-order valence-electron chi connectivity index (χ4n) is 3.02. The second-order valence-electron chi connectivity index (χ2n) is 5.86. The van der Waals surface area contributed by atoms with E-state index in [-0.39, 0.29) is 12.2 Å². The lowest BCUT2D eigenvalue weighted by atomic mass is 10.0. The fourth-order valence-corrected chi connectivity index (χ4v) is 4.10. The summed E-state index contributed by atoms with van der Waals surface area (Å²) < 4.78 is 7.16. The summed E-state index contributed by atoms with van der Waals surface area (Å²) in [6.07, 6.45) is 0.537. The SMILES string of the molecule is CCOc1ccc(-c2c(C)sc3nc(C)n(CCCO)c(=O)c23)cc1. The Morgan fingerprint density at radius 3 is 2.60 bits per heavy atom. The Morgan fingerprint density at radius 1 is 1.24 bits per heavy atom. The molecule has 0 aliphatic rings. The Bertz CT molecular complexity index is 942. The van der Waals surface area contributed by atoms with Gasteiger partial charge in [0.25, 0.3) is 5.56 Å². The van der Waals surface area contributed by atoms with E-state index in [1.807, 2.05) is 45.0 Å². The van der Waals surface area contributed by atoms with Crippen LogP contribution in [0.2, 0.25) is 0 Å². The second kappa shape index (κ2) is 7.37. The van der Waals surface area contributed by atoms with E-state index >= 15 is 0 Å². The van der Waals surface area contributed by atoms with E-state index in [1.54, 1.807) is 15.9 Å². The lowest BCUT2D eigenvalue weighted by Crippen LogP contribution is -2.24. The van der Waals surface area contributed by atoms with E-state index in [2.05, 4.69) is 4.98 Å². The van der Waals surface area contributed by atoms with Gasteiger partial charge in [0, 0.05) is 23.6 Å². The first-order valence-corrected chi connectivity index (χ1v) is 9.23. The highest BCUT2D eigenvalue weighted by Gasteiger charge is 2.18. The Hall–Kier alpha value is -2.18. The summed E-state index contributed by atoms with van der Waals surface area (Å²) in [5.74, 6) is 1.50. The fraction of sp³-hybridized carbons (Fsp3) is 0.368. The van der Waals surface area contributed by atoms with Gasteiger partial charge in [0.05, 0.1) is 12.0 Å². The number of hydrogen-bond donors (Lipinski definition) is 1. The van der Waals surface area contributed by atoms with E-state index in [1.165, 1.54) is 0 Å². The number of ether oxygens (including phenoxy) is 1. The number of fused-ring (bicyclic) bond motifs is 1. The van der Waals surface area contributed by atoms with Gasteiger partial charge in [-0.3, -0.25) is 9.36 Å². The van der Waals surface area contributed by atoms with Crippen LogP contribution in [0.4, 0.5) is 0 Å². The molecule has 0 saturated heterocycles. The zero-order valence-corrected chi connectivity index (χ0v) is 15.5. The van der Waals surface area contributed by atoms with E-state index in [4.69, 9.17) is 9.84 Å². The Balaban J connectivity index is 2.17. The van der Waals surface area contributed by atoms with Crippen LogP contribution < -0.4 is 10.3 Å². The molecule has 132 valence electrons. The zero-order valence-electron chi connectivity index (χ0n) is 14.7. The largest absolute Gasteiger partial charge is 0.494 e. The van der Waals surface area contributed by atoms with Crippen molar-refractivity contribution in [3.05, 3.63) is 45.3 Å². The molecule has 2 aromatic heterocycles. The van der Waals surface area contributed by atoms with Crippen LogP contribution in [0.15, 0.2) is 29.1 Å². The van der Waals surface area contributed by atoms with Crippen molar-refractivity contribution in [2.75, 3.05) is 13.2 Å². The molecule has 0 unspecified atom stereocenters. The molecule has 0 bridgehead atoms. The van der Waals surface area contributed by atoms with Gasteiger partial charge in [-0.2, -0.15) is 0 Å². The standard InChI is InChI=1S/C19H22N2O3S/c1-4-24-15-8-6-14(7-9-15)16-12(2)25-18-17(16)19(23)21(10-5-11-22)13(3)20-18/h6-9,22H,4-5,10-11H2,1-3H3. The van der Waals surface area contributed by atoms with Gasteiger partial charge in [-0.25, -0.2) is 4.98 Å². The molecule has 0 aliphatic heterocycles. The summed E-state index contributed by atoms with van der Waals surface area (Å²) >= 11 is 1.54. The molecule has 0 atom stereocenters. The molecule has 25 heavy (non-hydrogen) atoms. The molecule has 3 aromatic rings. The van der Waals surface area contributed by atoms with Gasteiger partial charge in [-0.1, -0.05) is 12.1 Å². The number of nitrogens with zero attached hydrogens (tertiary/aromatic N) is 2. The average molecular weight is 358 g/mol. The van der Waals surface area contributed by atoms with E-state index in [9.17, 15) is 4.79 Å². The van der Waals surface area contributed by atoms with Crippen molar-refractivity contribution in [1.29, 1.82) is 0 Å². The minimum absolute atomic E-state index is 0.0378. The molecular formula is C19H22N2O3S. The molecule has 0 radical (unpaired) electrons. The third-order valence-electron chi connectivity index (χ3n) is 4.17. The molecule has 0 saturated carbocycles. The number of hydrogen-bond acceptors (Lipinski definition) is 5. The summed E-state index contributed by atoms with van der Waals surface area (Å²) in [7, 11) is 0. The molecule has 1 aromatic carbocycles. The predicted molar refractivity (Wildman–Crippen MR) is 102 cm³/mol. The van der Waals surface area contributed by atoms with Crippen LogP contribution in [-0.4, -0.2) is 27.9 Å². The van der Waals surface area contributed by atoms with Crippen LogP contribution in [0, 0.1) is 13.8 Å². The second-order valence-corrected chi connectivity index (χ2v) is 7.07. The summed E-state index contributed by atoms with van der Waals surface area (Å²) in [5, 5.41) is 9.75. The molecular weight excluding hydrogens is 336 g/mol. The minimum Gasteiger partial charge on any atom is -0.494 e. The predicted octanol–water partition coefficient (Wildman–Crippen LogP) is 3.52. The van der Waals surface area contributed by atoms with Crippen LogP contribution in [0.1, 0.15) is 24.0 Å². The monoisotopic (exact) mass is 358 g/mol. The Morgan fingerprint density at radius 2 is 1.96 bits per heavy atom. The molecule has 0 fully saturated rings. The maximum absolute atomic E-state index is 13.1. The van der Waals surface area contributed by atoms with Gasteiger partial charge in [-0.05, 0) is 44.9 Å². The van der Waals surface area contributed by atoms with Crippen molar-refractivity contribution in [2.24, 2.45) is 0 Å². The van der Waals surface area contributed by atoms with Crippen molar-refractivity contribution in [2.45, 2.75) is 33.7 Å². The van der Waals surface area contributed by atoms with Crippen molar-refractivity contribution in [1.82, 2.24) is 9.55 Å². The van der Waals surface area contributed by atoms with Crippen molar-refractivity contribution < 1.29 is 9.84 Å². The number of aryl methyl sites for hydroxylation is 2. The highest BCUT2D eigenvalue weighted by Crippen LogP contribution is 2.36. The van der Waals surface area contributed by atoms with Gasteiger partial charge in [0.15, 0.2) is 0 Å². The van der Waals surface area contributed by atoms with Crippen LogP contribution in [-0.2, 0) is 6.54 Å². The normalized spacial score (nSPS) is 11.2. The molecule has 0 amide bonds. The molecule has 0 aliphatic carbocycles. The number of aromatic nitrogens is 2. The zero-order chi connectivity index (χ0) is 18.0. The van der Waals surface area contributed by atoms with Gasteiger partial charge < -0.3 is 9.84 Å². The topological polar surface area (TPSA) is 64.3 Å². The number of aliphatic hydroxyl groups is 1. The van der Waals surface area contributed by atoms with E-state index in [0.29, 0.717) is 30.8 Å². The third-order valence-corrected chi connectivity index (χ3v) is 5.17. The summed E-state index contributed by atoms with van der Waals surface area (Å²) in [6, 6.07) is 7.81. The van der Waals surface area contributed by atoms with Crippen molar-refractivity contribution >= 4 is 21.6 Å². The molecule has 5 nitrogen and oxygen atoms in total. The number of rotatable bonds is 6. The molecule has 0 spiro atoms. The summed E-state index contributed by atoms with van der Waals surface area (Å²) in [4.78, 5) is 19.5. The number of aliphatic hydroxyl groups excluding tert-OH is 1. The third kappa shape index (κ3) is 3.32. The highest BCUT2D eigenvalue weighted by molar-refractivity contribution is 7.19. The van der Waals surface area contributed by atoms with Crippen LogP contribution in [0.5, 0.6) is 5.75 Å². The summed E-state index contributed by atoms with van der Waals surface area (Å²) in [6.45, 7) is 6.96. The highest BCUT2D eigenvalue weighted by atomic mass is 32.1. The summed E-state index contributed by atoms with van der Waals surface area (Å²) in [5.41, 5.74) is 1.89. The van der Waals surface area contributed by atoms with Gasteiger partial charge in [0.1, 0.15) is 16.4 Å². The molecule has 2 heterocycles. The van der Waals surface area contributed by atoms with Crippen LogP contribution >= 0.6 is 11.3 Å². The van der Waals surface area contributed by atoms with E-state index in [0.717, 1.165) is 26.6 Å². The van der Waals surface area contributed by atoms with Crippen LogP contribution in [0.25, 0.3) is 21.3 Å². The van der Waals surface area contributed by atoms with Crippen molar-refractivity contribution in [3.8, 4) is 16.9 Å². The Labute approximate surface area is 150 Å². The maximum atomic E-state index is 13.1. The van der Waals surface area contributed by atoms with Crippen LogP contribution in [0.3, 0.4) is 0 Å². The first-order chi connectivity index (χ1) is 12.1. The number of thiophene rings is 1. The first-order valence-electron chi connectivity index (χ1n) is 8.41. The molecule has 1 N–H and O–H groups in total. The minimum atomic E-state index is -0.0378. The Kier molecular flexibility index (Phi) is 5.20. The lowest BCUT2D eigenvalue weighted by molar-refractivity contribution is 0.278. The average Bonchev–Trinajstić information content (AvgIpc) is 2.92. The quantitative estimate of drug-likeness (QED) is 0.732. The smallest absolute Gasteiger partial charge is 0.262 e. The molecule has 6 heteroatoms. The maximum Gasteiger partial charge on any atom is 0.262 e. The van der Waals surface area contributed by atoms with E-state index < -0.39 is 0 Å². The molecule has 3 rings (SSSR count). The first kappa shape index (κ1) is 17.6. The van der Waals surface area contributed by atoms with Gasteiger partial charge in [-0.15, -0.1) is 11.3 Å². The number of benzene rings is 1.